The molecule has 2 aliphatic rings. The van der Waals surface area contributed by atoms with Crippen LogP contribution in [0.1, 0.15) is 39.4 Å². The van der Waals surface area contributed by atoms with Crippen LogP contribution in [0.2, 0.25) is 0 Å². The van der Waals surface area contributed by atoms with Gasteiger partial charge in [0.05, 0.1) is 7.11 Å². The topological polar surface area (TPSA) is 88.9 Å². The summed E-state index contributed by atoms with van der Waals surface area (Å²) in [4.78, 5) is 30.4. The lowest BCUT2D eigenvalue weighted by Crippen LogP contribution is -2.59. The monoisotopic (exact) mass is 479 g/mol. The highest BCUT2D eigenvalue weighted by Gasteiger charge is 2.36. The Hall–Kier alpha value is -3.46. The first-order chi connectivity index (χ1) is 16.7. The molecule has 1 fully saturated rings. The molecule has 3 heterocycles. The number of amides is 1. The van der Waals surface area contributed by atoms with Gasteiger partial charge in [0.2, 0.25) is 5.90 Å². The molecule has 2 aliphatic heterocycles. The molecule has 3 unspecified atom stereocenters. The Bertz CT molecular complexity index is 1070. The zero-order valence-corrected chi connectivity index (χ0v) is 20.9. The van der Waals surface area contributed by atoms with E-state index in [2.05, 4.69) is 9.88 Å². The molecule has 9 heteroatoms. The molecule has 0 N–H and O–H groups in total. The van der Waals surface area contributed by atoms with Crippen LogP contribution in [0.4, 0.5) is 4.79 Å². The number of hydrogen-bond donors (Lipinski definition) is 0. The molecule has 0 radical (unpaired) electrons. The number of aromatic nitrogens is 1. The van der Waals surface area contributed by atoms with Crippen LogP contribution in [-0.4, -0.2) is 77.4 Å². The van der Waals surface area contributed by atoms with Gasteiger partial charge in [-0.3, -0.25) is 14.9 Å². The summed E-state index contributed by atoms with van der Waals surface area (Å²) < 4.78 is 17.1. The summed E-state index contributed by atoms with van der Waals surface area (Å²) >= 11 is 0. The lowest BCUT2D eigenvalue weighted by Gasteiger charge is -2.42. The molecule has 35 heavy (non-hydrogen) atoms. The van der Waals surface area contributed by atoms with Gasteiger partial charge in [0.1, 0.15) is 23.1 Å². The van der Waals surface area contributed by atoms with Crippen LogP contribution in [0.5, 0.6) is 11.5 Å². The van der Waals surface area contributed by atoms with Gasteiger partial charge in [0, 0.05) is 49.8 Å². The lowest BCUT2D eigenvalue weighted by molar-refractivity contribution is 0.00124. The van der Waals surface area contributed by atoms with E-state index in [1.54, 1.807) is 24.4 Å². The van der Waals surface area contributed by atoms with Crippen molar-refractivity contribution >= 4 is 18.2 Å². The first kappa shape index (κ1) is 24.7. The fourth-order valence-corrected chi connectivity index (χ4v) is 4.08. The summed E-state index contributed by atoms with van der Waals surface area (Å²) in [6, 6.07) is 10.9. The predicted octanol–water partition coefficient (Wildman–Crippen LogP) is 3.96. The summed E-state index contributed by atoms with van der Waals surface area (Å²) in [6.07, 6.45) is 4.66. The van der Waals surface area contributed by atoms with Gasteiger partial charge in [-0.1, -0.05) is 6.07 Å². The molecule has 1 aromatic carbocycles. The Balaban J connectivity index is 1.53. The largest absolute Gasteiger partial charge is 0.497 e. The van der Waals surface area contributed by atoms with E-state index in [1.807, 2.05) is 70.3 Å². The van der Waals surface area contributed by atoms with Crippen LogP contribution in [0.25, 0.3) is 0 Å². The number of methoxy groups -OCH3 is 1. The molecule has 9 nitrogen and oxygen atoms in total. The summed E-state index contributed by atoms with van der Waals surface area (Å²) in [5.74, 6) is 1.97. The third-order valence-corrected chi connectivity index (χ3v) is 5.82. The van der Waals surface area contributed by atoms with Gasteiger partial charge in [0.25, 0.3) is 0 Å². The molecule has 0 bridgehead atoms. The molecule has 2 aromatic rings. The Morgan fingerprint density at radius 1 is 1.09 bits per heavy atom. The molecule has 0 spiro atoms. The maximum absolute atomic E-state index is 12.7. The molecular weight excluding hydrogens is 446 g/mol. The fraction of sp³-hybridized carbons (Fsp3) is 0.462. The SMILES string of the molecule is COc1ccc(OC2=NC(c3cccnc3)N=CC2N2CCN(C(=O)OC(C)(C)C)C(C)C2)cc1. The van der Waals surface area contributed by atoms with E-state index < -0.39 is 11.8 Å². The second kappa shape index (κ2) is 10.4. The van der Waals surface area contributed by atoms with Crippen molar-refractivity contribution in [1.29, 1.82) is 0 Å². The van der Waals surface area contributed by atoms with Crippen molar-refractivity contribution in [3.63, 3.8) is 0 Å². The van der Waals surface area contributed by atoms with Crippen LogP contribution in [0.15, 0.2) is 58.8 Å². The zero-order chi connectivity index (χ0) is 25.0. The van der Waals surface area contributed by atoms with Gasteiger partial charge >= 0.3 is 6.09 Å². The van der Waals surface area contributed by atoms with E-state index in [4.69, 9.17) is 24.2 Å². The number of benzene rings is 1. The van der Waals surface area contributed by atoms with Crippen LogP contribution in [-0.2, 0) is 4.74 Å². The summed E-state index contributed by atoms with van der Waals surface area (Å²) in [7, 11) is 1.63. The van der Waals surface area contributed by atoms with Crippen LogP contribution >= 0.6 is 0 Å². The van der Waals surface area contributed by atoms with Crippen molar-refractivity contribution < 1.29 is 19.0 Å². The molecule has 0 saturated carbocycles. The van der Waals surface area contributed by atoms with E-state index in [9.17, 15) is 4.79 Å². The average molecular weight is 480 g/mol. The molecule has 1 amide bonds. The quantitative estimate of drug-likeness (QED) is 0.660. The normalized spacial score (nSPS) is 22.9. The van der Waals surface area contributed by atoms with Gasteiger partial charge in [0.15, 0.2) is 6.17 Å². The third kappa shape index (κ3) is 6.16. The van der Waals surface area contributed by atoms with E-state index >= 15 is 0 Å². The molecule has 3 atom stereocenters. The van der Waals surface area contributed by atoms with Crippen LogP contribution in [0, 0.1) is 0 Å². The number of ether oxygens (including phenoxy) is 3. The van der Waals surface area contributed by atoms with Crippen LogP contribution in [0.3, 0.4) is 0 Å². The van der Waals surface area contributed by atoms with Crippen molar-refractivity contribution in [3.05, 3.63) is 54.4 Å². The number of hydrogen-bond acceptors (Lipinski definition) is 8. The molecule has 186 valence electrons. The molecule has 0 aliphatic carbocycles. The number of pyridine rings is 1. The minimum Gasteiger partial charge on any atom is -0.497 e. The number of carbonyl (C=O) groups is 1. The maximum Gasteiger partial charge on any atom is 0.410 e. The highest BCUT2D eigenvalue weighted by molar-refractivity contribution is 6.00. The minimum absolute atomic E-state index is 0.0368. The van der Waals surface area contributed by atoms with Crippen molar-refractivity contribution in [2.75, 3.05) is 26.7 Å². The number of piperazine rings is 1. The smallest absolute Gasteiger partial charge is 0.410 e. The van der Waals surface area contributed by atoms with E-state index in [0.717, 1.165) is 11.3 Å². The van der Waals surface area contributed by atoms with Crippen molar-refractivity contribution in [1.82, 2.24) is 14.8 Å². The standard InChI is InChI=1S/C26H33N5O4/c1-18-17-30(13-14-31(18)25(32)35-26(2,3)4)22-16-28-23(19-7-6-12-27-15-19)29-24(22)34-21-10-8-20(33-5)9-11-21/h6-12,15-16,18,22-23H,13-14,17H2,1-5H3. The van der Waals surface area contributed by atoms with Gasteiger partial charge in [-0.25, -0.2) is 9.79 Å². The van der Waals surface area contributed by atoms with Crippen molar-refractivity contribution in [2.45, 2.75) is 51.5 Å². The summed E-state index contributed by atoms with van der Waals surface area (Å²) in [5.41, 5.74) is 0.359. The highest BCUT2D eigenvalue weighted by Crippen LogP contribution is 2.26. The number of rotatable bonds is 4. The summed E-state index contributed by atoms with van der Waals surface area (Å²) in [5, 5.41) is 0. The van der Waals surface area contributed by atoms with Gasteiger partial charge in [-0.2, -0.15) is 0 Å². The molecular formula is C26H33N5O4. The fourth-order valence-electron chi connectivity index (χ4n) is 4.08. The molecule has 1 aromatic heterocycles. The number of aliphatic imine (C=N–C) groups is 2. The third-order valence-electron chi connectivity index (χ3n) is 5.82. The lowest BCUT2D eigenvalue weighted by atomic mass is 10.1. The molecule has 4 rings (SSSR count). The second-order valence-electron chi connectivity index (χ2n) is 9.67. The van der Waals surface area contributed by atoms with E-state index in [1.165, 1.54) is 0 Å². The Morgan fingerprint density at radius 3 is 2.46 bits per heavy atom. The summed E-state index contributed by atoms with van der Waals surface area (Å²) in [6.45, 7) is 9.48. The molecule has 1 saturated heterocycles. The Kier molecular flexibility index (Phi) is 7.35. The second-order valence-corrected chi connectivity index (χ2v) is 9.67. The van der Waals surface area contributed by atoms with Crippen LogP contribution < -0.4 is 9.47 Å². The highest BCUT2D eigenvalue weighted by atomic mass is 16.6. The van der Waals surface area contributed by atoms with E-state index in [-0.39, 0.29) is 18.2 Å². The minimum atomic E-state index is -0.530. The first-order valence-corrected chi connectivity index (χ1v) is 11.8. The van der Waals surface area contributed by atoms with Gasteiger partial charge < -0.3 is 19.1 Å². The maximum atomic E-state index is 12.7. The van der Waals surface area contributed by atoms with Crippen molar-refractivity contribution in [2.24, 2.45) is 9.98 Å². The number of carbonyl (C=O) groups excluding carboxylic acids is 1. The van der Waals surface area contributed by atoms with Gasteiger partial charge in [-0.05, 0) is 58.0 Å². The first-order valence-electron chi connectivity index (χ1n) is 11.8. The Labute approximate surface area is 206 Å². The van der Waals surface area contributed by atoms with Gasteiger partial charge in [-0.15, -0.1) is 0 Å². The predicted molar refractivity (Wildman–Crippen MR) is 134 cm³/mol. The Morgan fingerprint density at radius 2 is 1.83 bits per heavy atom. The van der Waals surface area contributed by atoms with Crippen molar-refractivity contribution in [3.8, 4) is 11.5 Å². The average Bonchev–Trinajstić information content (AvgIpc) is 2.84. The zero-order valence-electron chi connectivity index (χ0n) is 20.9. The number of nitrogens with zero attached hydrogens (tertiary/aromatic N) is 5. The van der Waals surface area contributed by atoms with E-state index in [0.29, 0.717) is 31.3 Å².